The fraction of sp³-hybridized carbons (Fsp3) is 0.429. The lowest BCUT2D eigenvalue weighted by molar-refractivity contribution is 0.171. The zero-order valence-electron chi connectivity index (χ0n) is 14.5. The summed E-state index contributed by atoms with van der Waals surface area (Å²) in [5.74, 6) is 0.576. The quantitative estimate of drug-likeness (QED) is 0.807. The van der Waals surface area contributed by atoms with Crippen molar-refractivity contribution in [3.63, 3.8) is 0 Å². The minimum atomic E-state index is 0.188. The van der Waals surface area contributed by atoms with Gasteiger partial charge in [0.1, 0.15) is 5.75 Å². The Morgan fingerprint density at radius 2 is 1.92 bits per heavy atom. The summed E-state index contributed by atoms with van der Waals surface area (Å²) in [6.45, 7) is 3.24. The number of benzene rings is 2. The van der Waals surface area contributed by atoms with Crippen LogP contribution >= 0.6 is 11.6 Å². The first-order valence-corrected chi connectivity index (χ1v) is 9.17. The van der Waals surface area contributed by atoms with E-state index in [4.69, 9.17) is 11.6 Å². The van der Waals surface area contributed by atoms with Gasteiger partial charge in [-0.25, -0.2) is 0 Å². The van der Waals surface area contributed by atoms with Crippen LogP contribution in [0.4, 0.5) is 0 Å². The van der Waals surface area contributed by atoms with Crippen molar-refractivity contribution in [3.05, 3.63) is 64.2 Å². The number of halogens is 1. The van der Waals surface area contributed by atoms with E-state index in [-0.39, 0.29) is 5.92 Å². The van der Waals surface area contributed by atoms with Crippen LogP contribution in [0.25, 0.3) is 0 Å². The Morgan fingerprint density at radius 1 is 1.17 bits per heavy atom. The van der Waals surface area contributed by atoms with Crippen LogP contribution in [-0.2, 0) is 0 Å². The number of hydrogen-bond acceptors (Lipinski definition) is 2. The molecule has 0 amide bonds. The van der Waals surface area contributed by atoms with Gasteiger partial charge in [0.25, 0.3) is 0 Å². The van der Waals surface area contributed by atoms with E-state index < -0.39 is 0 Å². The second-order valence-corrected chi connectivity index (χ2v) is 7.47. The molecule has 2 aromatic rings. The molecule has 2 atom stereocenters. The van der Waals surface area contributed by atoms with Crippen LogP contribution in [0.1, 0.15) is 48.3 Å². The molecule has 2 unspecified atom stereocenters. The molecular formula is C21H26ClNO. The van der Waals surface area contributed by atoms with Crippen LogP contribution in [0.15, 0.2) is 42.5 Å². The van der Waals surface area contributed by atoms with Crippen LogP contribution in [0.3, 0.4) is 0 Å². The highest BCUT2D eigenvalue weighted by Crippen LogP contribution is 2.38. The lowest BCUT2D eigenvalue weighted by Crippen LogP contribution is -2.37. The Kier molecular flexibility index (Phi) is 5.47. The highest BCUT2D eigenvalue weighted by Gasteiger charge is 2.26. The number of aryl methyl sites for hydroxylation is 1. The van der Waals surface area contributed by atoms with Crippen molar-refractivity contribution in [2.75, 3.05) is 13.6 Å². The molecular weight excluding hydrogens is 318 g/mol. The molecule has 2 nitrogen and oxygen atoms in total. The summed E-state index contributed by atoms with van der Waals surface area (Å²) in [4.78, 5) is 2.47. The van der Waals surface area contributed by atoms with E-state index in [0.717, 1.165) is 23.6 Å². The molecule has 1 fully saturated rings. The molecule has 1 saturated heterocycles. The van der Waals surface area contributed by atoms with Crippen LogP contribution in [0.5, 0.6) is 5.75 Å². The van der Waals surface area contributed by atoms with E-state index in [9.17, 15) is 5.11 Å². The lowest BCUT2D eigenvalue weighted by atomic mass is 9.82. The molecule has 3 rings (SSSR count). The molecule has 0 radical (unpaired) electrons. The summed E-state index contributed by atoms with van der Waals surface area (Å²) < 4.78 is 0. The second kappa shape index (κ2) is 7.58. The molecule has 1 heterocycles. The predicted octanol–water partition coefficient (Wildman–Crippen LogP) is 5.36. The van der Waals surface area contributed by atoms with E-state index >= 15 is 0 Å². The number of hydrogen-bond donors (Lipinski definition) is 1. The third kappa shape index (κ3) is 3.93. The molecule has 1 aliphatic heterocycles. The zero-order chi connectivity index (χ0) is 17.1. The average Bonchev–Trinajstić information content (AvgIpc) is 2.58. The monoisotopic (exact) mass is 343 g/mol. The van der Waals surface area contributed by atoms with Crippen molar-refractivity contribution in [3.8, 4) is 5.75 Å². The van der Waals surface area contributed by atoms with E-state index in [2.05, 4.69) is 37.1 Å². The summed E-state index contributed by atoms with van der Waals surface area (Å²) in [5.41, 5.74) is 3.43. The SMILES string of the molecule is Cc1ccc(O)c(C(CC2CCCCN2C)c2ccc(Cl)cc2)c1. The third-order valence-corrected chi connectivity index (χ3v) is 5.51. The van der Waals surface area contributed by atoms with Gasteiger partial charge in [-0.3, -0.25) is 0 Å². The van der Waals surface area contributed by atoms with Crippen LogP contribution in [0.2, 0.25) is 5.02 Å². The van der Waals surface area contributed by atoms with E-state index in [1.807, 2.05) is 24.3 Å². The molecule has 1 N–H and O–H groups in total. The molecule has 0 bridgehead atoms. The number of likely N-dealkylation sites (tertiary alicyclic amines) is 1. The highest BCUT2D eigenvalue weighted by molar-refractivity contribution is 6.30. The number of phenolic OH excluding ortho intramolecular Hbond substituents is 1. The summed E-state index contributed by atoms with van der Waals surface area (Å²) in [6, 6.07) is 14.5. The van der Waals surface area contributed by atoms with Gasteiger partial charge in [0.2, 0.25) is 0 Å². The third-order valence-electron chi connectivity index (χ3n) is 5.26. The molecule has 2 aromatic carbocycles. The number of aromatic hydroxyl groups is 1. The number of phenols is 1. The first-order valence-electron chi connectivity index (χ1n) is 8.80. The van der Waals surface area contributed by atoms with E-state index in [0.29, 0.717) is 11.8 Å². The smallest absolute Gasteiger partial charge is 0.119 e. The summed E-state index contributed by atoms with van der Waals surface area (Å²) in [7, 11) is 2.22. The molecule has 128 valence electrons. The first-order chi connectivity index (χ1) is 11.5. The molecule has 0 spiro atoms. The minimum absolute atomic E-state index is 0.188. The Labute approximate surface area is 150 Å². The topological polar surface area (TPSA) is 23.5 Å². The Hall–Kier alpha value is -1.51. The Morgan fingerprint density at radius 3 is 2.62 bits per heavy atom. The Balaban J connectivity index is 1.96. The van der Waals surface area contributed by atoms with Crippen molar-refractivity contribution in [2.45, 2.75) is 44.6 Å². The maximum Gasteiger partial charge on any atom is 0.119 e. The minimum Gasteiger partial charge on any atom is -0.508 e. The van der Waals surface area contributed by atoms with Gasteiger partial charge in [-0.05, 0) is 63.5 Å². The molecule has 0 saturated carbocycles. The maximum atomic E-state index is 10.5. The number of piperidine rings is 1. The molecule has 24 heavy (non-hydrogen) atoms. The largest absolute Gasteiger partial charge is 0.508 e. The van der Waals surface area contributed by atoms with Crippen molar-refractivity contribution in [1.29, 1.82) is 0 Å². The van der Waals surface area contributed by atoms with Gasteiger partial charge < -0.3 is 10.0 Å². The predicted molar refractivity (Wildman–Crippen MR) is 101 cm³/mol. The van der Waals surface area contributed by atoms with Gasteiger partial charge in [0.05, 0.1) is 0 Å². The molecule has 0 aliphatic carbocycles. The van der Waals surface area contributed by atoms with Crippen LogP contribution in [-0.4, -0.2) is 29.6 Å². The van der Waals surface area contributed by atoms with Gasteiger partial charge in [0, 0.05) is 22.5 Å². The van der Waals surface area contributed by atoms with E-state index in [1.54, 1.807) is 0 Å². The molecule has 1 aliphatic rings. The van der Waals surface area contributed by atoms with E-state index in [1.165, 1.54) is 30.4 Å². The van der Waals surface area contributed by atoms with Gasteiger partial charge in [-0.1, -0.05) is 47.9 Å². The van der Waals surface area contributed by atoms with Crippen molar-refractivity contribution in [1.82, 2.24) is 4.90 Å². The summed E-state index contributed by atoms with van der Waals surface area (Å²) >= 11 is 6.08. The molecule has 0 aromatic heterocycles. The van der Waals surface area contributed by atoms with Crippen molar-refractivity contribution >= 4 is 11.6 Å². The van der Waals surface area contributed by atoms with Gasteiger partial charge in [0.15, 0.2) is 0 Å². The standard InChI is InChI=1S/C21H26ClNO/c1-15-6-11-21(24)20(13-15)19(16-7-9-17(22)10-8-16)14-18-5-3-4-12-23(18)2/h6-11,13,18-19,24H,3-5,12,14H2,1-2H3. The van der Waals surface area contributed by atoms with Gasteiger partial charge >= 0.3 is 0 Å². The van der Waals surface area contributed by atoms with Crippen molar-refractivity contribution in [2.24, 2.45) is 0 Å². The van der Waals surface area contributed by atoms with Gasteiger partial charge in [-0.15, -0.1) is 0 Å². The first kappa shape index (κ1) is 17.3. The number of nitrogens with zero attached hydrogens (tertiary/aromatic N) is 1. The Bertz CT molecular complexity index is 683. The van der Waals surface area contributed by atoms with Crippen LogP contribution < -0.4 is 0 Å². The van der Waals surface area contributed by atoms with Gasteiger partial charge in [-0.2, -0.15) is 0 Å². The zero-order valence-corrected chi connectivity index (χ0v) is 15.3. The fourth-order valence-corrected chi connectivity index (χ4v) is 3.93. The molecule has 3 heteroatoms. The van der Waals surface area contributed by atoms with Crippen LogP contribution in [0, 0.1) is 6.92 Å². The van der Waals surface area contributed by atoms with Crippen molar-refractivity contribution < 1.29 is 5.11 Å². The lowest BCUT2D eigenvalue weighted by Gasteiger charge is -2.35. The fourth-order valence-electron chi connectivity index (χ4n) is 3.80. The summed E-state index contributed by atoms with van der Waals surface area (Å²) in [5, 5.41) is 11.2. The summed E-state index contributed by atoms with van der Waals surface area (Å²) in [6.07, 6.45) is 4.83. The number of rotatable bonds is 4. The second-order valence-electron chi connectivity index (χ2n) is 7.03. The normalized spacial score (nSPS) is 20.0. The average molecular weight is 344 g/mol. The maximum absolute atomic E-state index is 10.5. The highest BCUT2D eigenvalue weighted by atomic mass is 35.5.